The number of nitrogens with one attached hydrogen (secondary N) is 1. The molecule has 3 aromatic carbocycles. The Morgan fingerprint density at radius 1 is 1.02 bits per heavy atom. The van der Waals surface area contributed by atoms with Crippen LogP contribution in [0, 0.1) is 0 Å². The van der Waals surface area contributed by atoms with Gasteiger partial charge in [-0.2, -0.15) is 10.2 Å². The van der Waals surface area contributed by atoms with Crippen LogP contribution in [0.3, 0.4) is 0 Å². The summed E-state index contributed by atoms with van der Waals surface area (Å²) in [4.78, 5) is 17.6. The van der Waals surface area contributed by atoms with Crippen molar-refractivity contribution in [2.75, 3.05) is 5.73 Å². The first-order valence-electron chi connectivity index (χ1n) is 12.4. The SMILES string of the molecule is Nc1nonc1-c1nc2ccccc2n1CC(=O)N/N=C/c1cn(Cc2ccc(Cl)cc2Cl)nc1-c1ccccc1. The maximum Gasteiger partial charge on any atom is 0.260 e. The van der Waals surface area contributed by atoms with Crippen molar-refractivity contribution in [3.05, 3.63) is 100 Å². The molecule has 6 aromatic rings. The van der Waals surface area contributed by atoms with E-state index in [1.165, 1.54) is 0 Å². The van der Waals surface area contributed by atoms with Crippen LogP contribution in [0.4, 0.5) is 5.82 Å². The molecule has 0 aliphatic heterocycles. The lowest BCUT2D eigenvalue weighted by Crippen LogP contribution is -2.23. The van der Waals surface area contributed by atoms with E-state index in [-0.39, 0.29) is 24.0 Å². The summed E-state index contributed by atoms with van der Waals surface area (Å²) < 4.78 is 8.19. The molecule has 0 radical (unpaired) electrons. The molecule has 3 aromatic heterocycles. The van der Waals surface area contributed by atoms with Crippen LogP contribution < -0.4 is 11.2 Å². The Kier molecular flexibility index (Phi) is 7.19. The third kappa shape index (κ3) is 5.53. The van der Waals surface area contributed by atoms with E-state index in [4.69, 9.17) is 38.7 Å². The summed E-state index contributed by atoms with van der Waals surface area (Å²) in [6.45, 7) is 0.325. The molecule has 11 nitrogen and oxygen atoms in total. The van der Waals surface area contributed by atoms with Crippen LogP contribution in [-0.4, -0.2) is 41.8 Å². The van der Waals surface area contributed by atoms with Crippen LogP contribution in [0.2, 0.25) is 10.0 Å². The second-order valence-corrected chi connectivity index (χ2v) is 9.88. The van der Waals surface area contributed by atoms with Gasteiger partial charge in [-0.1, -0.05) is 71.7 Å². The number of nitrogens with zero attached hydrogens (tertiary/aromatic N) is 7. The molecule has 0 unspecified atom stereocenters. The van der Waals surface area contributed by atoms with E-state index in [1.807, 2.05) is 66.9 Å². The first kappa shape index (κ1) is 26.2. The molecule has 3 heterocycles. The maximum atomic E-state index is 13.0. The topological polar surface area (TPSA) is 142 Å². The van der Waals surface area contributed by atoms with Gasteiger partial charge >= 0.3 is 0 Å². The molecule has 0 saturated heterocycles. The van der Waals surface area contributed by atoms with Gasteiger partial charge in [0.2, 0.25) is 0 Å². The average molecular weight is 586 g/mol. The van der Waals surface area contributed by atoms with Crippen molar-refractivity contribution < 1.29 is 9.42 Å². The molecule has 0 fully saturated rings. The molecular formula is C28H21Cl2N9O2. The number of hydrazone groups is 1. The predicted octanol–water partition coefficient (Wildman–Crippen LogP) is 5.04. The molecule has 1 amide bonds. The molecule has 0 bridgehead atoms. The number of nitrogen functional groups attached to an aromatic ring is 1. The number of rotatable bonds is 8. The van der Waals surface area contributed by atoms with E-state index in [0.717, 1.165) is 16.6 Å². The van der Waals surface area contributed by atoms with Crippen molar-refractivity contribution in [1.82, 2.24) is 35.1 Å². The number of imidazole rings is 1. The van der Waals surface area contributed by atoms with Crippen LogP contribution >= 0.6 is 23.2 Å². The fourth-order valence-electron chi connectivity index (χ4n) is 4.38. The van der Waals surface area contributed by atoms with Crippen molar-refractivity contribution in [2.24, 2.45) is 5.10 Å². The van der Waals surface area contributed by atoms with Gasteiger partial charge in [0.15, 0.2) is 17.3 Å². The highest BCUT2D eigenvalue weighted by molar-refractivity contribution is 6.35. The number of fused-ring (bicyclic) bond motifs is 1. The summed E-state index contributed by atoms with van der Waals surface area (Å²) in [6, 6.07) is 22.4. The van der Waals surface area contributed by atoms with Crippen molar-refractivity contribution in [1.29, 1.82) is 0 Å². The van der Waals surface area contributed by atoms with Crippen LogP contribution in [0.25, 0.3) is 33.8 Å². The highest BCUT2D eigenvalue weighted by atomic mass is 35.5. The van der Waals surface area contributed by atoms with Gasteiger partial charge in [0.1, 0.15) is 12.2 Å². The van der Waals surface area contributed by atoms with Gasteiger partial charge < -0.3 is 10.3 Å². The normalized spacial score (nSPS) is 11.5. The Morgan fingerprint density at radius 2 is 1.83 bits per heavy atom. The number of carbonyl (C=O) groups excluding carboxylic acids is 1. The van der Waals surface area contributed by atoms with Crippen LogP contribution in [-0.2, 0) is 17.9 Å². The molecule has 0 aliphatic carbocycles. The summed E-state index contributed by atoms with van der Waals surface area (Å²) in [6.07, 6.45) is 3.39. The fourth-order valence-corrected chi connectivity index (χ4v) is 4.85. The molecule has 41 heavy (non-hydrogen) atoms. The Labute approximate surface area is 243 Å². The average Bonchev–Trinajstić information content (AvgIpc) is 3.68. The second-order valence-electron chi connectivity index (χ2n) is 9.03. The molecule has 0 saturated carbocycles. The lowest BCUT2D eigenvalue weighted by atomic mass is 10.1. The molecule has 6 rings (SSSR count). The lowest BCUT2D eigenvalue weighted by molar-refractivity contribution is -0.121. The quantitative estimate of drug-likeness (QED) is 0.188. The predicted molar refractivity (Wildman–Crippen MR) is 156 cm³/mol. The zero-order valence-corrected chi connectivity index (χ0v) is 22.8. The number of anilines is 1. The molecule has 204 valence electrons. The van der Waals surface area contributed by atoms with Crippen LogP contribution in [0.1, 0.15) is 11.1 Å². The minimum atomic E-state index is -0.387. The monoisotopic (exact) mass is 585 g/mol. The van der Waals surface area contributed by atoms with Crippen molar-refractivity contribution in [3.8, 4) is 22.8 Å². The summed E-state index contributed by atoms with van der Waals surface area (Å²) in [5, 5.41) is 17.6. The standard InChI is InChI=1S/C28H21Cl2N9O2/c29-20-11-10-18(21(30)12-20)14-38-15-19(25(35-38)17-6-2-1-3-7-17)13-32-34-24(40)16-39-23-9-5-4-8-22(23)33-28(39)26-27(31)37-41-36-26/h1-13,15H,14,16H2,(H2,31,37)(H,34,40)/b32-13+. The molecular weight excluding hydrogens is 565 g/mol. The number of hydrogen-bond acceptors (Lipinski definition) is 8. The molecule has 0 aliphatic rings. The minimum Gasteiger partial charge on any atom is -0.379 e. The van der Waals surface area contributed by atoms with E-state index in [2.05, 4.69) is 25.8 Å². The maximum absolute atomic E-state index is 13.0. The summed E-state index contributed by atoms with van der Waals surface area (Å²) in [7, 11) is 0. The van der Waals surface area contributed by atoms with Gasteiger partial charge in [-0.25, -0.2) is 15.0 Å². The van der Waals surface area contributed by atoms with Crippen molar-refractivity contribution in [2.45, 2.75) is 13.1 Å². The highest BCUT2D eigenvalue weighted by Crippen LogP contribution is 2.27. The molecule has 3 N–H and O–H groups in total. The lowest BCUT2D eigenvalue weighted by Gasteiger charge is -2.06. The van der Waals surface area contributed by atoms with E-state index >= 15 is 0 Å². The fraction of sp³-hybridized carbons (Fsp3) is 0.0714. The van der Waals surface area contributed by atoms with Gasteiger partial charge in [0, 0.05) is 27.4 Å². The van der Waals surface area contributed by atoms with E-state index < -0.39 is 0 Å². The van der Waals surface area contributed by atoms with Gasteiger partial charge in [-0.15, -0.1) is 0 Å². The van der Waals surface area contributed by atoms with Gasteiger partial charge in [-0.05, 0) is 40.1 Å². The van der Waals surface area contributed by atoms with Crippen LogP contribution in [0.5, 0.6) is 0 Å². The Bertz CT molecular complexity index is 1890. The molecule has 13 heteroatoms. The molecule has 0 spiro atoms. The largest absolute Gasteiger partial charge is 0.379 e. The van der Waals surface area contributed by atoms with Crippen LogP contribution in [0.15, 0.2) is 88.7 Å². The van der Waals surface area contributed by atoms with E-state index in [0.29, 0.717) is 39.2 Å². The van der Waals surface area contributed by atoms with Crippen molar-refractivity contribution in [3.63, 3.8) is 0 Å². The highest BCUT2D eigenvalue weighted by Gasteiger charge is 2.20. The Hall–Kier alpha value is -5.00. The van der Waals surface area contributed by atoms with Gasteiger partial charge in [0.05, 0.1) is 23.8 Å². The summed E-state index contributed by atoms with van der Waals surface area (Å²) in [5.74, 6) is 0.0465. The third-order valence-corrected chi connectivity index (χ3v) is 6.85. The number of aromatic nitrogens is 6. The third-order valence-electron chi connectivity index (χ3n) is 6.26. The Morgan fingerprint density at radius 3 is 2.61 bits per heavy atom. The van der Waals surface area contributed by atoms with Gasteiger partial charge in [0.25, 0.3) is 5.91 Å². The minimum absolute atomic E-state index is 0.0744. The second kappa shape index (κ2) is 11.2. The number of halogens is 2. The number of benzene rings is 3. The number of nitrogens with two attached hydrogens (primary N) is 1. The zero-order chi connectivity index (χ0) is 28.3. The van der Waals surface area contributed by atoms with E-state index in [1.54, 1.807) is 27.6 Å². The van der Waals surface area contributed by atoms with Gasteiger partial charge in [-0.3, -0.25) is 9.48 Å². The molecule has 0 atom stereocenters. The Balaban J connectivity index is 1.25. The summed E-state index contributed by atoms with van der Waals surface area (Å²) in [5.41, 5.74) is 13.3. The number of carbonyl (C=O) groups is 1. The van der Waals surface area contributed by atoms with E-state index in [9.17, 15) is 4.79 Å². The smallest absolute Gasteiger partial charge is 0.260 e. The first-order valence-corrected chi connectivity index (χ1v) is 13.1. The number of hydrogen-bond donors (Lipinski definition) is 2. The van der Waals surface area contributed by atoms with Crippen molar-refractivity contribution >= 4 is 52.2 Å². The zero-order valence-electron chi connectivity index (χ0n) is 21.3. The number of para-hydroxylation sites is 2. The summed E-state index contributed by atoms with van der Waals surface area (Å²) >= 11 is 12.4. The first-order chi connectivity index (χ1) is 20.0. The number of amides is 1.